The molecule has 0 bridgehead atoms. The second kappa shape index (κ2) is 5.41. The minimum Gasteiger partial charge on any atom is -0.768 e. The summed E-state index contributed by atoms with van der Waals surface area (Å²) >= 11 is 11.0. The van der Waals surface area contributed by atoms with Gasteiger partial charge in [0.25, 0.3) is 0 Å². The molecular weight excluding hydrogens is 282 g/mol. The summed E-state index contributed by atoms with van der Waals surface area (Å²) in [6, 6.07) is 3.28. The Morgan fingerprint density at radius 1 is 1.38 bits per heavy atom. The number of halogens is 2. The number of hydrogen-bond acceptors (Lipinski definition) is 3. The average molecular weight is 287 g/mol. The quantitative estimate of drug-likeness (QED) is 0.574. The van der Waals surface area contributed by atoms with Gasteiger partial charge < -0.3 is 4.55 Å². The summed E-state index contributed by atoms with van der Waals surface area (Å²) in [5, 5.41) is 1.79. The van der Waals surface area contributed by atoms with Crippen molar-refractivity contribution >= 4 is 55.7 Å². The van der Waals surface area contributed by atoms with Crippen LogP contribution in [0.4, 0.5) is 0 Å². The van der Waals surface area contributed by atoms with Crippen molar-refractivity contribution < 1.29 is 27.6 Å². The summed E-state index contributed by atoms with van der Waals surface area (Å²) in [6.45, 7) is 1.83. The molecule has 0 aliphatic rings. The number of benzene rings is 1. The van der Waals surface area contributed by atoms with E-state index in [-0.39, 0.29) is 23.1 Å². The van der Waals surface area contributed by atoms with Gasteiger partial charge in [-0.3, -0.25) is 4.21 Å². The van der Waals surface area contributed by atoms with Crippen LogP contribution in [-0.2, 0) is 11.1 Å². The molecule has 0 amide bonds. The van der Waals surface area contributed by atoms with Crippen molar-refractivity contribution in [3.63, 3.8) is 0 Å². The van der Waals surface area contributed by atoms with Gasteiger partial charge in [0.2, 0.25) is 0 Å². The molecule has 80 valence electrons. The van der Waals surface area contributed by atoms with E-state index in [1.54, 1.807) is 12.1 Å². The molecule has 1 aromatic carbocycles. The largest absolute Gasteiger partial charge is 1.00 e. The SMILES string of the molecule is Cc1cc(Cl)c2sc(S(=O)[O-])cc2c1Cl.[Li+]. The van der Waals surface area contributed by atoms with E-state index in [1.807, 2.05) is 6.92 Å². The van der Waals surface area contributed by atoms with Crippen LogP contribution in [0, 0.1) is 6.92 Å². The van der Waals surface area contributed by atoms with Gasteiger partial charge in [-0.1, -0.05) is 23.2 Å². The van der Waals surface area contributed by atoms with Crippen LogP contribution in [0.5, 0.6) is 0 Å². The van der Waals surface area contributed by atoms with Crippen molar-refractivity contribution in [2.75, 3.05) is 0 Å². The van der Waals surface area contributed by atoms with Gasteiger partial charge in [-0.2, -0.15) is 0 Å². The van der Waals surface area contributed by atoms with Gasteiger partial charge in [0, 0.05) is 5.39 Å². The van der Waals surface area contributed by atoms with Crippen molar-refractivity contribution in [3.05, 3.63) is 27.7 Å². The van der Waals surface area contributed by atoms with Crippen LogP contribution in [0.1, 0.15) is 5.56 Å². The monoisotopic (exact) mass is 286 g/mol. The van der Waals surface area contributed by atoms with Crippen LogP contribution in [-0.4, -0.2) is 8.76 Å². The Bertz CT molecular complexity index is 568. The van der Waals surface area contributed by atoms with Crippen molar-refractivity contribution in [1.82, 2.24) is 0 Å². The van der Waals surface area contributed by atoms with E-state index in [9.17, 15) is 8.76 Å². The van der Waals surface area contributed by atoms with Crippen LogP contribution in [0.25, 0.3) is 10.1 Å². The molecular formula is C9H5Cl2LiO2S2. The molecule has 0 saturated carbocycles. The summed E-state index contributed by atoms with van der Waals surface area (Å²) in [7, 11) is 0. The Morgan fingerprint density at radius 3 is 2.56 bits per heavy atom. The van der Waals surface area contributed by atoms with Gasteiger partial charge in [0.05, 0.1) is 19.0 Å². The van der Waals surface area contributed by atoms with Crippen LogP contribution in [0.15, 0.2) is 16.3 Å². The fourth-order valence-electron chi connectivity index (χ4n) is 1.32. The molecule has 2 rings (SSSR count). The van der Waals surface area contributed by atoms with E-state index in [0.29, 0.717) is 20.1 Å². The minimum atomic E-state index is -2.23. The van der Waals surface area contributed by atoms with E-state index in [4.69, 9.17) is 23.2 Å². The fourth-order valence-corrected chi connectivity index (χ4v) is 3.50. The maximum absolute atomic E-state index is 10.8. The van der Waals surface area contributed by atoms with Gasteiger partial charge in [-0.25, -0.2) is 0 Å². The predicted octanol–water partition coefficient (Wildman–Crippen LogP) is 0.759. The smallest absolute Gasteiger partial charge is 0.768 e. The summed E-state index contributed by atoms with van der Waals surface area (Å²) in [4.78, 5) is 0. The minimum absolute atomic E-state index is 0. The zero-order valence-electron chi connectivity index (χ0n) is 8.54. The molecule has 2 aromatic rings. The number of fused-ring (bicyclic) bond motifs is 1. The molecule has 0 aliphatic carbocycles. The molecule has 0 N–H and O–H groups in total. The molecule has 1 unspecified atom stereocenters. The molecule has 0 spiro atoms. The molecule has 0 aliphatic heterocycles. The number of hydrogen-bond donors (Lipinski definition) is 0. The van der Waals surface area contributed by atoms with Gasteiger partial charge >= 0.3 is 18.9 Å². The number of rotatable bonds is 1. The van der Waals surface area contributed by atoms with Crippen molar-refractivity contribution in [3.8, 4) is 0 Å². The maximum atomic E-state index is 10.8. The number of thiophene rings is 1. The first-order valence-corrected chi connectivity index (χ1v) is 6.63. The third-order valence-electron chi connectivity index (χ3n) is 2.02. The van der Waals surface area contributed by atoms with E-state index >= 15 is 0 Å². The molecule has 16 heavy (non-hydrogen) atoms. The summed E-state index contributed by atoms with van der Waals surface area (Å²) in [6.07, 6.45) is 0. The van der Waals surface area contributed by atoms with Crippen LogP contribution in [0.3, 0.4) is 0 Å². The Hall–Kier alpha value is 0.467. The Balaban J connectivity index is 0.00000128. The van der Waals surface area contributed by atoms with E-state index in [0.717, 1.165) is 16.9 Å². The zero-order valence-corrected chi connectivity index (χ0v) is 11.7. The van der Waals surface area contributed by atoms with E-state index < -0.39 is 11.1 Å². The van der Waals surface area contributed by atoms with E-state index in [1.165, 1.54) is 0 Å². The Morgan fingerprint density at radius 2 is 2.00 bits per heavy atom. The van der Waals surface area contributed by atoms with Crippen LogP contribution >= 0.6 is 34.5 Å². The Labute approximate surface area is 121 Å². The summed E-state index contributed by atoms with van der Waals surface area (Å²) in [5.41, 5.74) is 0.843. The summed E-state index contributed by atoms with van der Waals surface area (Å²) in [5.74, 6) is 0. The fraction of sp³-hybridized carbons (Fsp3) is 0.111. The molecule has 1 atom stereocenters. The first-order chi connectivity index (χ1) is 7.00. The molecule has 0 fully saturated rings. The second-order valence-electron chi connectivity index (χ2n) is 3.03. The molecule has 2 nitrogen and oxygen atoms in total. The first-order valence-electron chi connectivity index (χ1n) is 3.98. The van der Waals surface area contributed by atoms with Gasteiger partial charge in [0.1, 0.15) is 0 Å². The third kappa shape index (κ3) is 2.49. The standard InChI is InChI=1S/C9H6Cl2O2S2.Li/c1-4-2-6(10)9-5(8(4)11)3-7(14-9)15(12)13;/h2-3H,1H3,(H,12,13);/q;+1/p-1. The molecule has 0 saturated heterocycles. The van der Waals surface area contributed by atoms with Gasteiger partial charge in [0.15, 0.2) is 0 Å². The van der Waals surface area contributed by atoms with Gasteiger partial charge in [-0.15, -0.1) is 11.3 Å². The van der Waals surface area contributed by atoms with Crippen molar-refractivity contribution in [2.24, 2.45) is 0 Å². The maximum Gasteiger partial charge on any atom is 1.00 e. The zero-order chi connectivity index (χ0) is 11.2. The second-order valence-corrected chi connectivity index (χ2v) is 6.04. The Kier molecular flexibility index (Phi) is 4.91. The molecule has 1 aromatic heterocycles. The van der Waals surface area contributed by atoms with Gasteiger partial charge in [-0.05, 0) is 35.7 Å². The van der Waals surface area contributed by atoms with Crippen molar-refractivity contribution in [2.45, 2.75) is 11.1 Å². The first kappa shape index (κ1) is 14.5. The van der Waals surface area contributed by atoms with E-state index in [2.05, 4.69) is 0 Å². The number of aryl methyl sites for hydroxylation is 1. The molecule has 1 heterocycles. The molecule has 0 radical (unpaired) electrons. The molecule has 7 heteroatoms. The van der Waals surface area contributed by atoms with Crippen molar-refractivity contribution in [1.29, 1.82) is 0 Å². The van der Waals surface area contributed by atoms with Crippen LogP contribution < -0.4 is 18.9 Å². The average Bonchev–Trinajstić information content (AvgIpc) is 2.59. The normalized spacial score (nSPS) is 12.5. The topological polar surface area (TPSA) is 40.1 Å². The summed E-state index contributed by atoms with van der Waals surface area (Å²) < 4.78 is 22.6. The predicted molar refractivity (Wildman–Crippen MR) is 63.8 cm³/mol. The van der Waals surface area contributed by atoms with Crippen LogP contribution in [0.2, 0.25) is 10.0 Å². The third-order valence-corrected chi connectivity index (χ3v) is 5.00.